The van der Waals surface area contributed by atoms with Gasteiger partial charge < -0.3 is 9.84 Å². The number of nitrogens with zero attached hydrogens (tertiary/aromatic N) is 2. The van der Waals surface area contributed by atoms with E-state index in [4.69, 9.17) is 9.84 Å². The summed E-state index contributed by atoms with van der Waals surface area (Å²) < 4.78 is 7.17. The number of hydrogen-bond donors (Lipinski definition) is 1. The summed E-state index contributed by atoms with van der Waals surface area (Å²) in [4.78, 5) is 10.9. The van der Waals surface area contributed by atoms with Gasteiger partial charge in [0.2, 0.25) is 0 Å². The van der Waals surface area contributed by atoms with E-state index in [1.807, 2.05) is 45.0 Å². The lowest BCUT2D eigenvalue weighted by Crippen LogP contribution is -2.03. The minimum absolute atomic E-state index is 0.00526. The molecule has 0 atom stereocenters. The number of carboxylic acids is 1. The largest absolute Gasteiger partial charge is 0.494 e. The summed E-state index contributed by atoms with van der Waals surface area (Å²) in [5.41, 5.74) is 3.27. The van der Waals surface area contributed by atoms with Crippen LogP contribution in [0.3, 0.4) is 0 Å². The van der Waals surface area contributed by atoms with Crippen LogP contribution >= 0.6 is 0 Å². The van der Waals surface area contributed by atoms with Crippen molar-refractivity contribution < 1.29 is 14.6 Å². The summed E-state index contributed by atoms with van der Waals surface area (Å²) in [6.07, 6.45) is -0.00526. The Morgan fingerprint density at radius 2 is 1.95 bits per heavy atom. The zero-order chi connectivity index (χ0) is 14.7. The number of aryl methyl sites for hydroxylation is 1. The van der Waals surface area contributed by atoms with Gasteiger partial charge in [0.25, 0.3) is 0 Å². The fourth-order valence-electron chi connectivity index (χ4n) is 2.18. The molecule has 0 aliphatic heterocycles. The first-order valence-electron chi connectivity index (χ1n) is 6.53. The molecule has 1 aromatic carbocycles. The molecule has 5 nitrogen and oxygen atoms in total. The fraction of sp³-hybridized carbons (Fsp3) is 0.333. The lowest BCUT2D eigenvalue weighted by atomic mass is 10.1. The second-order valence-electron chi connectivity index (χ2n) is 4.56. The highest BCUT2D eigenvalue weighted by molar-refractivity contribution is 5.71. The molecule has 0 radical (unpaired) electrons. The molecule has 1 aromatic heterocycles. The van der Waals surface area contributed by atoms with Crippen molar-refractivity contribution in [2.75, 3.05) is 6.61 Å². The van der Waals surface area contributed by atoms with Crippen LogP contribution in [0.25, 0.3) is 5.69 Å². The molecule has 0 saturated heterocycles. The average molecular weight is 274 g/mol. The molecular formula is C15H18N2O3. The third kappa shape index (κ3) is 2.82. The number of rotatable bonds is 5. The van der Waals surface area contributed by atoms with Crippen LogP contribution in [0.5, 0.6) is 5.75 Å². The van der Waals surface area contributed by atoms with Crippen LogP contribution in [0, 0.1) is 13.8 Å². The van der Waals surface area contributed by atoms with Crippen LogP contribution in [0.15, 0.2) is 24.3 Å². The molecule has 0 aliphatic carbocycles. The predicted octanol–water partition coefficient (Wildman–Crippen LogP) is 2.51. The third-order valence-corrected chi connectivity index (χ3v) is 3.16. The molecule has 20 heavy (non-hydrogen) atoms. The van der Waals surface area contributed by atoms with Crippen LogP contribution in [0.2, 0.25) is 0 Å². The fourth-order valence-corrected chi connectivity index (χ4v) is 2.18. The van der Waals surface area contributed by atoms with Gasteiger partial charge in [-0.1, -0.05) is 0 Å². The molecule has 0 bridgehead atoms. The second kappa shape index (κ2) is 5.77. The molecule has 2 aromatic rings. The molecule has 1 heterocycles. The molecule has 0 unspecified atom stereocenters. The van der Waals surface area contributed by atoms with E-state index in [1.54, 1.807) is 4.68 Å². The van der Waals surface area contributed by atoms with E-state index < -0.39 is 5.97 Å². The Morgan fingerprint density at radius 1 is 1.30 bits per heavy atom. The SMILES string of the molecule is CCOc1ccc(-n2nc(C)c(CC(=O)O)c2C)cc1. The Kier molecular flexibility index (Phi) is 4.08. The van der Waals surface area contributed by atoms with Gasteiger partial charge in [0, 0.05) is 11.3 Å². The van der Waals surface area contributed by atoms with E-state index in [-0.39, 0.29) is 6.42 Å². The standard InChI is InChI=1S/C15H18N2O3/c1-4-20-13-7-5-12(6-8-13)17-11(3)14(9-15(18)19)10(2)16-17/h5-8H,4,9H2,1-3H3,(H,18,19). The quantitative estimate of drug-likeness (QED) is 0.910. The Labute approximate surface area is 117 Å². The van der Waals surface area contributed by atoms with Crippen molar-refractivity contribution in [1.29, 1.82) is 0 Å². The van der Waals surface area contributed by atoms with Crippen LogP contribution in [-0.2, 0) is 11.2 Å². The minimum atomic E-state index is -0.845. The zero-order valence-electron chi connectivity index (χ0n) is 11.9. The van der Waals surface area contributed by atoms with Crippen LogP contribution < -0.4 is 4.74 Å². The van der Waals surface area contributed by atoms with E-state index in [1.165, 1.54) is 0 Å². The Morgan fingerprint density at radius 3 is 2.50 bits per heavy atom. The van der Waals surface area contributed by atoms with Crippen molar-refractivity contribution in [2.45, 2.75) is 27.2 Å². The van der Waals surface area contributed by atoms with Crippen molar-refractivity contribution in [1.82, 2.24) is 9.78 Å². The van der Waals surface area contributed by atoms with Gasteiger partial charge in [-0.05, 0) is 45.0 Å². The lowest BCUT2D eigenvalue weighted by molar-refractivity contribution is -0.136. The molecule has 0 fully saturated rings. The molecule has 2 rings (SSSR count). The first kappa shape index (κ1) is 14.1. The van der Waals surface area contributed by atoms with Gasteiger partial charge in [0.05, 0.1) is 24.4 Å². The van der Waals surface area contributed by atoms with Crippen molar-refractivity contribution in [3.05, 3.63) is 41.2 Å². The number of carbonyl (C=O) groups is 1. The third-order valence-electron chi connectivity index (χ3n) is 3.16. The number of aliphatic carboxylic acids is 1. The van der Waals surface area contributed by atoms with Gasteiger partial charge in [-0.15, -0.1) is 0 Å². The van der Waals surface area contributed by atoms with E-state index in [0.29, 0.717) is 6.61 Å². The maximum absolute atomic E-state index is 10.9. The molecule has 106 valence electrons. The van der Waals surface area contributed by atoms with E-state index in [0.717, 1.165) is 28.4 Å². The Bertz CT molecular complexity index is 615. The van der Waals surface area contributed by atoms with Gasteiger partial charge >= 0.3 is 5.97 Å². The zero-order valence-corrected chi connectivity index (χ0v) is 11.9. The van der Waals surface area contributed by atoms with Crippen LogP contribution in [-0.4, -0.2) is 27.5 Å². The lowest BCUT2D eigenvalue weighted by Gasteiger charge is -2.07. The van der Waals surface area contributed by atoms with Gasteiger partial charge in [0.1, 0.15) is 5.75 Å². The van der Waals surface area contributed by atoms with E-state index in [2.05, 4.69) is 5.10 Å². The number of aromatic nitrogens is 2. The highest BCUT2D eigenvalue weighted by Gasteiger charge is 2.15. The van der Waals surface area contributed by atoms with Crippen molar-refractivity contribution in [2.24, 2.45) is 0 Å². The van der Waals surface area contributed by atoms with Crippen molar-refractivity contribution >= 4 is 5.97 Å². The first-order valence-corrected chi connectivity index (χ1v) is 6.53. The van der Waals surface area contributed by atoms with Crippen molar-refractivity contribution in [3.63, 3.8) is 0 Å². The predicted molar refractivity (Wildman–Crippen MR) is 75.5 cm³/mol. The summed E-state index contributed by atoms with van der Waals surface area (Å²) >= 11 is 0. The molecule has 0 amide bonds. The van der Waals surface area contributed by atoms with Gasteiger partial charge in [-0.3, -0.25) is 4.79 Å². The van der Waals surface area contributed by atoms with Crippen LogP contribution in [0.1, 0.15) is 23.9 Å². The molecule has 1 N–H and O–H groups in total. The van der Waals surface area contributed by atoms with Crippen molar-refractivity contribution in [3.8, 4) is 11.4 Å². The minimum Gasteiger partial charge on any atom is -0.494 e. The normalized spacial score (nSPS) is 10.6. The Hall–Kier alpha value is -2.30. The number of benzene rings is 1. The highest BCUT2D eigenvalue weighted by Crippen LogP contribution is 2.20. The van der Waals surface area contributed by atoms with Gasteiger partial charge in [-0.25, -0.2) is 4.68 Å². The average Bonchev–Trinajstić information content (AvgIpc) is 2.68. The highest BCUT2D eigenvalue weighted by atomic mass is 16.5. The second-order valence-corrected chi connectivity index (χ2v) is 4.56. The molecule has 0 saturated carbocycles. The molecule has 0 aliphatic rings. The van der Waals surface area contributed by atoms with Gasteiger partial charge in [0.15, 0.2) is 0 Å². The smallest absolute Gasteiger partial charge is 0.307 e. The van der Waals surface area contributed by atoms with Crippen LogP contribution in [0.4, 0.5) is 0 Å². The topological polar surface area (TPSA) is 64.4 Å². The number of ether oxygens (including phenoxy) is 1. The summed E-state index contributed by atoms with van der Waals surface area (Å²) in [5.74, 6) is -0.0361. The molecule has 0 spiro atoms. The summed E-state index contributed by atoms with van der Waals surface area (Å²) in [5, 5.41) is 13.4. The van der Waals surface area contributed by atoms with E-state index >= 15 is 0 Å². The monoisotopic (exact) mass is 274 g/mol. The molecule has 5 heteroatoms. The first-order chi connectivity index (χ1) is 9.52. The maximum Gasteiger partial charge on any atom is 0.307 e. The summed E-state index contributed by atoms with van der Waals surface area (Å²) in [6.45, 7) is 6.28. The van der Waals surface area contributed by atoms with Gasteiger partial charge in [-0.2, -0.15) is 5.10 Å². The summed E-state index contributed by atoms with van der Waals surface area (Å²) in [7, 11) is 0. The number of hydrogen-bond acceptors (Lipinski definition) is 3. The summed E-state index contributed by atoms with van der Waals surface area (Å²) in [6, 6.07) is 7.59. The van der Waals surface area contributed by atoms with E-state index in [9.17, 15) is 4.79 Å². The number of carboxylic acid groups (broad SMARTS) is 1. The molecular weight excluding hydrogens is 256 g/mol. The Balaban J connectivity index is 2.35. The maximum atomic E-state index is 10.9.